The fraction of sp³-hybridized carbons (Fsp3) is 0.154. The number of ether oxygens (including phenoxy) is 1. The van der Waals surface area contributed by atoms with Crippen molar-refractivity contribution in [3.05, 3.63) is 52.5 Å². The zero-order chi connectivity index (χ0) is 13.0. The van der Waals surface area contributed by atoms with Gasteiger partial charge in [-0.25, -0.2) is 4.39 Å². The van der Waals surface area contributed by atoms with Gasteiger partial charge in [0, 0.05) is 25.0 Å². The zero-order valence-corrected chi connectivity index (χ0v) is 11.4. The lowest BCUT2D eigenvalue weighted by Crippen LogP contribution is -2.00. The predicted molar refractivity (Wildman–Crippen MR) is 72.2 cm³/mol. The van der Waals surface area contributed by atoms with Gasteiger partial charge < -0.3 is 10.1 Å². The van der Waals surface area contributed by atoms with E-state index in [-0.39, 0.29) is 12.4 Å². The van der Waals surface area contributed by atoms with E-state index in [4.69, 9.17) is 4.74 Å². The van der Waals surface area contributed by atoms with Gasteiger partial charge in [-0.05, 0) is 40.2 Å². The van der Waals surface area contributed by atoms with Gasteiger partial charge in [-0.2, -0.15) is 0 Å². The molecule has 0 aliphatic carbocycles. The van der Waals surface area contributed by atoms with Gasteiger partial charge in [0.05, 0.1) is 10.2 Å². The lowest BCUT2D eigenvalue weighted by molar-refractivity contribution is 0.298. The van der Waals surface area contributed by atoms with E-state index in [0.29, 0.717) is 10.2 Å². The number of aromatic nitrogens is 1. The van der Waals surface area contributed by atoms with E-state index in [0.717, 1.165) is 11.4 Å². The van der Waals surface area contributed by atoms with E-state index < -0.39 is 0 Å². The highest BCUT2D eigenvalue weighted by molar-refractivity contribution is 9.10. The van der Waals surface area contributed by atoms with Crippen molar-refractivity contribution in [1.29, 1.82) is 0 Å². The summed E-state index contributed by atoms with van der Waals surface area (Å²) in [6, 6.07) is 8.07. The number of hydrogen-bond donors (Lipinski definition) is 1. The van der Waals surface area contributed by atoms with Crippen molar-refractivity contribution in [2.45, 2.75) is 6.61 Å². The number of benzene rings is 1. The van der Waals surface area contributed by atoms with E-state index in [1.807, 2.05) is 19.2 Å². The molecule has 0 aliphatic heterocycles. The van der Waals surface area contributed by atoms with E-state index in [1.54, 1.807) is 12.3 Å². The van der Waals surface area contributed by atoms with Crippen LogP contribution >= 0.6 is 15.9 Å². The first-order chi connectivity index (χ1) is 8.69. The fourth-order valence-corrected chi connectivity index (χ4v) is 1.81. The molecule has 0 atom stereocenters. The largest absolute Gasteiger partial charge is 0.486 e. The number of halogens is 2. The summed E-state index contributed by atoms with van der Waals surface area (Å²) in [5.74, 6) is 0.136. The molecule has 1 aromatic carbocycles. The molecule has 1 aromatic heterocycles. The number of hydrogen-bond acceptors (Lipinski definition) is 3. The minimum atomic E-state index is -0.329. The first kappa shape index (κ1) is 12.8. The second kappa shape index (κ2) is 5.82. The Morgan fingerprint density at radius 2 is 2.17 bits per heavy atom. The second-order valence-corrected chi connectivity index (χ2v) is 4.50. The monoisotopic (exact) mass is 310 g/mol. The molecule has 0 saturated heterocycles. The molecule has 0 amide bonds. The van der Waals surface area contributed by atoms with E-state index in [1.165, 1.54) is 12.1 Å². The molecular formula is C13H12BrFN2O. The molecule has 0 bridgehead atoms. The maximum atomic E-state index is 13.1. The summed E-state index contributed by atoms with van der Waals surface area (Å²) >= 11 is 3.31. The van der Waals surface area contributed by atoms with Gasteiger partial charge >= 0.3 is 0 Å². The minimum absolute atomic E-state index is 0.289. The van der Waals surface area contributed by atoms with Crippen molar-refractivity contribution in [2.75, 3.05) is 12.4 Å². The Labute approximate surface area is 113 Å². The summed E-state index contributed by atoms with van der Waals surface area (Å²) < 4.78 is 19.3. The van der Waals surface area contributed by atoms with Crippen LogP contribution in [0.15, 0.2) is 41.0 Å². The predicted octanol–water partition coefficient (Wildman–Crippen LogP) is 3.60. The first-order valence-corrected chi connectivity index (χ1v) is 6.19. The molecule has 0 saturated carbocycles. The van der Waals surface area contributed by atoms with Crippen LogP contribution in [0.4, 0.5) is 10.1 Å². The van der Waals surface area contributed by atoms with Crippen molar-refractivity contribution in [3.63, 3.8) is 0 Å². The smallest absolute Gasteiger partial charge is 0.136 e. The minimum Gasteiger partial charge on any atom is -0.486 e. The average molecular weight is 311 g/mol. The van der Waals surface area contributed by atoms with Crippen LogP contribution in [0.3, 0.4) is 0 Å². The summed E-state index contributed by atoms with van der Waals surface area (Å²) in [6.45, 7) is 0.289. The maximum absolute atomic E-state index is 13.1. The molecule has 94 valence electrons. The van der Waals surface area contributed by atoms with Crippen LogP contribution in [0.1, 0.15) is 5.69 Å². The van der Waals surface area contributed by atoms with Crippen molar-refractivity contribution in [3.8, 4) is 5.75 Å². The Balaban J connectivity index is 2.08. The van der Waals surface area contributed by atoms with E-state index in [9.17, 15) is 4.39 Å². The molecule has 1 heterocycles. The van der Waals surface area contributed by atoms with Crippen molar-refractivity contribution in [1.82, 2.24) is 4.98 Å². The molecule has 5 heteroatoms. The normalized spacial score (nSPS) is 10.2. The molecule has 0 unspecified atom stereocenters. The SMILES string of the molecule is CNc1ccnc(COc2cc(F)ccc2Br)c1. The number of nitrogens with one attached hydrogen (secondary N) is 1. The Hall–Kier alpha value is -1.62. The van der Waals surface area contributed by atoms with Crippen LogP contribution in [-0.2, 0) is 6.61 Å². The summed E-state index contributed by atoms with van der Waals surface area (Å²) in [5.41, 5.74) is 1.74. The van der Waals surface area contributed by atoms with E-state index in [2.05, 4.69) is 26.2 Å². The number of anilines is 1. The highest BCUT2D eigenvalue weighted by Crippen LogP contribution is 2.26. The molecule has 2 aromatic rings. The highest BCUT2D eigenvalue weighted by atomic mass is 79.9. The fourth-order valence-electron chi connectivity index (χ4n) is 1.45. The molecule has 0 aliphatic rings. The molecule has 0 fully saturated rings. The molecular weight excluding hydrogens is 299 g/mol. The first-order valence-electron chi connectivity index (χ1n) is 5.39. The van der Waals surface area contributed by atoms with Crippen molar-refractivity contribution in [2.24, 2.45) is 0 Å². The van der Waals surface area contributed by atoms with Gasteiger partial charge in [0.1, 0.15) is 18.2 Å². The average Bonchev–Trinajstić information content (AvgIpc) is 2.40. The van der Waals surface area contributed by atoms with Gasteiger partial charge in [0.2, 0.25) is 0 Å². The van der Waals surface area contributed by atoms with Crippen LogP contribution in [0, 0.1) is 5.82 Å². The quantitative estimate of drug-likeness (QED) is 0.937. The highest BCUT2D eigenvalue weighted by Gasteiger charge is 2.04. The van der Waals surface area contributed by atoms with Gasteiger partial charge in [-0.3, -0.25) is 4.98 Å². The van der Waals surface area contributed by atoms with Crippen LogP contribution in [0.2, 0.25) is 0 Å². The molecule has 3 nitrogen and oxygen atoms in total. The summed E-state index contributed by atoms with van der Waals surface area (Å²) in [7, 11) is 1.84. The van der Waals surface area contributed by atoms with Crippen LogP contribution < -0.4 is 10.1 Å². The zero-order valence-electron chi connectivity index (χ0n) is 9.78. The van der Waals surface area contributed by atoms with Crippen LogP contribution in [0.25, 0.3) is 0 Å². The van der Waals surface area contributed by atoms with Crippen LogP contribution in [0.5, 0.6) is 5.75 Å². The third kappa shape index (κ3) is 3.20. The van der Waals surface area contributed by atoms with E-state index >= 15 is 0 Å². The molecule has 2 rings (SSSR count). The van der Waals surface area contributed by atoms with Gasteiger partial charge in [0.25, 0.3) is 0 Å². The Morgan fingerprint density at radius 3 is 2.94 bits per heavy atom. The Bertz CT molecular complexity index is 548. The standard InChI is InChI=1S/C13H12BrFN2O/c1-16-10-4-5-17-11(7-10)8-18-13-6-9(15)2-3-12(13)14/h2-7H,8H2,1H3,(H,16,17). The summed E-state index contributed by atoms with van der Waals surface area (Å²) in [4.78, 5) is 4.18. The maximum Gasteiger partial charge on any atom is 0.136 e. The van der Waals surface area contributed by atoms with Crippen molar-refractivity contribution < 1.29 is 9.13 Å². The summed E-state index contributed by atoms with van der Waals surface area (Å²) in [5, 5.41) is 3.02. The lowest BCUT2D eigenvalue weighted by atomic mass is 10.3. The second-order valence-electron chi connectivity index (χ2n) is 3.65. The van der Waals surface area contributed by atoms with Gasteiger partial charge in [-0.1, -0.05) is 0 Å². The molecule has 0 radical (unpaired) electrons. The third-order valence-corrected chi connectivity index (χ3v) is 3.03. The molecule has 0 spiro atoms. The summed E-state index contributed by atoms with van der Waals surface area (Å²) in [6.07, 6.45) is 1.70. The Morgan fingerprint density at radius 1 is 1.33 bits per heavy atom. The Kier molecular flexibility index (Phi) is 4.15. The topological polar surface area (TPSA) is 34.2 Å². The van der Waals surface area contributed by atoms with Gasteiger partial charge in [-0.15, -0.1) is 0 Å². The molecule has 18 heavy (non-hydrogen) atoms. The van der Waals surface area contributed by atoms with Gasteiger partial charge in [0.15, 0.2) is 0 Å². The van der Waals surface area contributed by atoms with Crippen LogP contribution in [-0.4, -0.2) is 12.0 Å². The molecule has 1 N–H and O–H groups in total. The van der Waals surface area contributed by atoms with Crippen molar-refractivity contribution >= 4 is 21.6 Å². The number of pyridine rings is 1. The lowest BCUT2D eigenvalue weighted by Gasteiger charge is -2.08. The number of nitrogens with zero attached hydrogens (tertiary/aromatic N) is 1. The number of rotatable bonds is 4. The third-order valence-electron chi connectivity index (χ3n) is 2.37.